The summed E-state index contributed by atoms with van der Waals surface area (Å²) in [5.74, 6) is -3.71. The number of benzene rings is 1. The average Bonchev–Trinajstić information content (AvgIpc) is 3.22. The van der Waals surface area contributed by atoms with Gasteiger partial charge in [0.2, 0.25) is 10.0 Å². The van der Waals surface area contributed by atoms with Gasteiger partial charge in [0.05, 0.1) is 21.0 Å². The van der Waals surface area contributed by atoms with Crippen LogP contribution in [-0.2, 0) is 15.9 Å². The number of allylic oxidation sites excluding steroid dienone is 1. The van der Waals surface area contributed by atoms with Crippen molar-refractivity contribution in [2.45, 2.75) is 23.9 Å². The summed E-state index contributed by atoms with van der Waals surface area (Å²) in [6.07, 6.45) is -3.30. The highest BCUT2D eigenvalue weighted by Crippen LogP contribution is 2.36. The molecule has 2 heterocycles. The molecule has 13 heteroatoms. The summed E-state index contributed by atoms with van der Waals surface area (Å²) in [7, 11) is -3.99. The normalized spacial score (nSPS) is 13.1. The Bertz CT molecular complexity index is 1360. The monoisotopic (exact) mass is 516 g/mol. The zero-order valence-corrected chi connectivity index (χ0v) is 19.0. The molecule has 0 saturated heterocycles. The van der Waals surface area contributed by atoms with Gasteiger partial charge >= 0.3 is 6.18 Å². The number of alkyl halides is 5. The van der Waals surface area contributed by atoms with Gasteiger partial charge in [-0.05, 0) is 48.0 Å². The van der Waals surface area contributed by atoms with Crippen LogP contribution in [0.1, 0.15) is 17.4 Å². The third-order valence-corrected chi connectivity index (χ3v) is 6.52. The molecule has 1 aromatic carbocycles. The molecule has 180 valence electrons. The van der Waals surface area contributed by atoms with E-state index in [4.69, 9.17) is 10.5 Å². The Morgan fingerprint density at radius 1 is 1.12 bits per heavy atom. The minimum absolute atomic E-state index is 0.156. The number of rotatable bonds is 7. The second kappa shape index (κ2) is 9.24. The Balaban J connectivity index is 2.08. The number of hydrogen-bond donors (Lipinski definition) is 3. The molecule has 34 heavy (non-hydrogen) atoms. The fourth-order valence-corrected chi connectivity index (χ4v) is 4.38. The topological polar surface area (TPSA) is 109 Å². The van der Waals surface area contributed by atoms with Crippen molar-refractivity contribution in [2.75, 3.05) is 5.32 Å². The largest absolute Gasteiger partial charge is 0.432 e. The van der Waals surface area contributed by atoms with Crippen LogP contribution in [0.5, 0.6) is 0 Å². The molecule has 3 rings (SSSR count). The molecule has 3 aromatic rings. The van der Waals surface area contributed by atoms with Gasteiger partial charge in [-0.15, -0.1) is 11.3 Å². The van der Waals surface area contributed by atoms with Crippen molar-refractivity contribution in [2.24, 2.45) is 5.14 Å². The van der Waals surface area contributed by atoms with Crippen LogP contribution in [0.15, 0.2) is 65.7 Å². The number of primary sulfonamides is 1. The number of nitrogens with one attached hydrogen (secondary N) is 2. The number of thiophene rings is 1. The van der Waals surface area contributed by atoms with Gasteiger partial charge < -0.3 is 5.32 Å². The number of hydrogen-bond acceptors (Lipinski definition) is 6. The van der Waals surface area contributed by atoms with Gasteiger partial charge in [-0.25, -0.2) is 27.3 Å². The van der Waals surface area contributed by atoms with Crippen molar-refractivity contribution >= 4 is 38.6 Å². The number of nitrogens with zero attached hydrogens (tertiary/aromatic N) is 1. The van der Waals surface area contributed by atoms with Gasteiger partial charge in [-0.2, -0.15) is 13.2 Å². The number of nitrogens with two attached hydrogens (primary N) is 1. The summed E-state index contributed by atoms with van der Waals surface area (Å²) in [4.78, 5) is 4.30. The lowest BCUT2D eigenvalue weighted by molar-refractivity contribution is -0.0584. The van der Waals surface area contributed by atoms with Crippen molar-refractivity contribution in [3.05, 3.63) is 71.2 Å². The molecule has 0 saturated carbocycles. The predicted octanol–water partition coefficient (Wildman–Crippen LogP) is 5.60. The zero-order valence-electron chi connectivity index (χ0n) is 17.3. The number of aromatic nitrogens is 1. The molecule has 0 aliphatic heterocycles. The molecule has 0 spiro atoms. The fraction of sp³-hybridized carbons (Fsp3) is 0.143. The van der Waals surface area contributed by atoms with E-state index in [2.05, 4.69) is 10.3 Å². The van der Waals surface area contributed by atoms with Crippen LogP contribution in [0, 0.1) is 5.41 Å². The van der Waals surface area contributed by atoms with Gasteiger partial charge in [0.15, 0.2) is 0 Å². The molecule has 0 radical (unpaired) electrons. The lowest BCUT2D eigenvalue weighted by Crippen LogP contribution is -2.21. The van der Waals surface area contributed by atoms with E-state index in [1.165, 1.54) is 42.6 Å². The molecular weight excluding hydrogens is 499 g/mol. The molecule has 2 aromatic heterocycles. The minimum atomic E-state index is -4.97. The molecule has 0 unspecified atom stereocenters. The smallest absolute Gasteiger partial charge is 0.339 e. The number of sulfonamides is 1. The SMILES string of the molecule is CC(F)(F)c1cccnc1N/C(=C\C(=N)C(F)(F)F)c1ccc(-c2cccc(S(N)(=O)=O)c2)s1. The van der Waals surface area contributed by atoms with E-state index in [-0.39, 0.29) is 21.3 Å². The van der Waals surface area contributed by atoms with Crippen molar-refractivity contribution < 1.29 is 30.4 Å². The van der Waals surface area contributed by atoms with E-state index in [1.54, 1.807) is 6.07 Å². The maximum atomic E-state index is 14.0. The maximum Gasteiger partial charge on any atom is 0.432 e. The van der Waals surface area contributed by atoms with Crippen molar-refractivity contribution in [3.63, 3.8) is 0 Å². The Hall–Kier alpha value is -3.16. The predicted molar refractivity (Wildman–Crippen MR) is 120 cm³/mol. The first-order chi connectivity index (χ1) is 15.7. The van der Waals surface area contributed by atoms with E-state index in [0.29, 0.717) is 23.4 Å². The van der Waals surface area contributed by atoms with Crippen LogP contribution in [-0.4, -0.2) is 25.3 Å². The quantitative estimate of drug-likeness (QED) is 0.280. The van der Waals surface area contributed by atoms with Crippen molar-refractivity contribution in [1.82, 2.24) is 4.98 Å². The lowest BCUT2D eigenvalue weighted by Gasteiger charge is -2.17. The van der Waals surface area contributed by atoms with E-state index >= 15 is 0 Å². The van der Waals surface area contributed by atoms with Crippen molar-refractivity contribution in [1.29, 1.82) is 5.41 Å². The Labute approximate surface area is 195 Å². The second-order valence-corrected chi connectivity index (χ2v) is 9.76. The standard InChI is InChI=1S/C21H17F5N4O2S2/c1-20(22,23)14-6-3-9-29-19(14)30-15(11-18(27)21(24,25)26)17-8-7-16(33-17)12-4-2-5-13(10-12)34(28,31)32/h2-11,27H,1H3,(H,29,30)(H2,28,31,32)/b15-11-,27-18?. The fourth-order valence-electron chi connectivity index (χ4n) is 2.85. The molecule has 0 atom stereocenters. The highest BCUT2D eigenvalue weighted by atomic mass is 32.2. The number of halogens is 5. The Kier molecular flexibility index (Phi) is 6.92. The van der Waals surface area contributed by atoms with Crippen LogP contribution in [0.25, 0.3) is 16.1 Å². The van der Waals surface area contributed by atoms with Gasteiger partial charge in [0, 0.05) is 18.0 Å². The first kappa shape index (κ1) is 25.5. The Morgan fingerprint density at radius 3 is 2.44 bits per heavy atom. The molecule has 0 bridgehead atoms. The number of pyridine rings is 1. The molecule has 4 N–H and O–H groups in total. The first-order valence-corrected chi connectivity index (χ1v) is 11.7. The van der Waals surface area contributed by atoms with Gasteiger partial charge in [0.25, 0.3) is 5.92 Å². The van der Waals surface area contributed by atoms with Crippen molar-refractivity contribution in [3.8, 4) is 10.4 Å². The summed E-state index contributed by atoms with van der Waals surface area (Å²) < 4.78 is 90.4. The summed E-state index contributed by atoms with van der Waals surface area (Å²) in [5, 5.41) is 15.0. The van der Waals surface area contributed by atoms with Gasteiger partial charge in [0.1, 0.15) is 11.5 Å². The molecule has 0 aliphatic carbocycles. The minimum Gasteiger partial charge on any atom is -0.339 e. The first-order valence-electron chi connectivity index (χ1n) is 9.37. The van der Waals surface area contributed by atoms with Crippen LogP contribution in [0.3, 0.4) is 0 Å². The van der Waals surface area contributed by atoms with Crippen LogP contribution >= 0.6 is 11.3 Å². The van der Waals surface area contributed by atoms with Crippen LogP contribution in [0.2, 0.25) is 0 Å². The third-order valence-electron chi connectivity index (χ3n) is 4.45. The van der Waals surface area contributed by atoms with E-state index < -0.39 is 33.4 Å². The zero-order chi connectivity index (χ0) is 25.3. The van der Waals surface area contributed by atoms with Gasteiger partial charge in [-0.3, -0.25) is 5.41 Å². The maximum absolute atomic E-state index is 14.0. The average molecular weight is 517 g/mol. The second-order valence-electron chi connectivity index (χ2n) is 7.12. The third kappa shape index (κ3) is 6.04. The van der Waals surface area contributed by atoms with Gasteiger partial charge in [-0.1, -0.05) is 12.1 Å². The van der Waals surface area contributed by atoms with E-state index in [9.17, 15) is 30.4 Å². The molecular formula is C21H17F5N4O2S2. The summed E-state index contributed by atoms with van der Waals surface area (Å²) >= 11 is 0.953. The Morgan fingerprint density at radius 2 is 1.82 bits per heavy atom. The highest BCUT2D eigenvalue weighted by molar-refractivity contribution is 7.89. The summed E-state index contributed by atoms with van der Waals surface area (Å²) in [5.41, 5.74) is -2.11. The highest BCUT2D eigenvalue weighted by Gasteiger charge is 2.34. The van der Waals surface area contributed by atoms with Crippen LogP contribution in [0.4, 0.5) is 27.8 Å². The molecule has 0 aliphatic rings. The summed E-state index contributed by atoms with van der Waals surface area (Å²) in [6, 6.07) is 10.9. The van der Waals surface area contributed by atoms with E-state index in [1.807, 2.05) is 0 Å². The van der Waals surface area contributed by atoms with Crippen LogP contribution < -0.4 is 10.5 Å². The lowest BCUT2D eigenvalue weighted by atomic mass is 10.1. The molecule has 0 amide bonds. The number of anilines is 1. The molecule has 0 fully saturated rings. The molecule has 6 nitrogen and oxygen atoms in total. The summed E-state index contributed by atoms with van der Waals surface area (Å²) in [6.45, 7) is 0.623. The van der Waals surface area contributed by atoms with E-state index in [0.717, 1.165) is 17.4 Å².